The molecular weight excluding hydrogens is 1470 g/mol. The van der Waals surface area contributed by atoms with Gasteiger partial charge in [0.2, 0.25) is 0 Å². The number of aromatic nitrogens is 9. The minimum absolute atomic E-state index is 0. The molecule has 0 bridgehead atoms. The zero-order chi connectivity index (χ0) is 77.9. The van der Waals surface area contributed by atoms with Gasteiger partial charge < -0.3 is 60.7 Å². The van der Waals surface area contributed by atoms with Crippen molar-refractivity contribution in [3.63, 3.8) is 0 Å². The van der Waals surface area contributed by atoms with E-state index in [1.165, 1.54) is 0 Å². The van der Waals surface area contributed by atoms with E-state index in [2.05, 4.69) is 67.4 Å². The number of carbonyl (C=O) groups is 3. The Morgan fingerprint density at radius 2 is 0.883 bits per heavy atom. The Bertz CT molecular complexity index is 5840. The van der Waals surface area contributed by atoms with Crippen molar-refractivity contribution in [3.05, 3.63) is 198 Å². The first kappa shape index (κ1) is 75.1. The first-order valence-corrected chi connectivity index (χ1v) is 41.6. The average molecular weight is 1570 g/mol. The van der Waals surface area contributed by atoms with Gasteiger partial charge in [-0.2, -0.15) is 0 Å². The molecule has 5 aliphatic rings. The number of carbonyl (C=O) groups excluding carboxylic acids is 3. The summed E-state index contributed by atoms with van der Waals surface area (Å²) in [6.45, 7) is 18.5. The molecule has 6 aromatic carbocycles. The number of aromatic amines is 3. The van der Waals surface area contributed by atoms with E-state index in [9.17, 15) is 39.6 Å². The summed E-state index contributed by atoms with van der Waals surface area (Å²) in [5.41, 5.74) is 23.7. The third kappa shape index (κ3) is 14.7. The molecule has 0 unspecified atom stereocenters. The van der Waals surface area contributed by atoms with E-state index in [0.717, 1.165) is 109 Å². The number of H-pyrrole nitrogens is 3. The number of amides is 3. The van der Waals surface area contributed by atoms with Crippen LogP contribution < -0.4 is 40.9 Å². The lowest BCUT2D eigenvalue weighted by molar-refractivity contribution is 0.0989. The number of piperazine rings is 1. The van der Waals surface area contributed by atoms with Crippen LogP contribution in [0.25, 0.3) is 67.3 Å². The van der Waals surface area contributed by atoms with Crippen LogP contribution in [-0.4, -0.2) is 181 Å². The van der Waals surface area contributed by atoms with Gasteiger partial charge in [0.15, 0.2) is 46.5 Å². The lowest BCUT2D eigenvalue weighted by atomic mass is 10.1. The van der Waals surface area contributed by atoms with Crippen LogP contribution in [0.5, 0.6) is 0 Å². The molecule has 0 aliphatic carbocycles. The van der Waals surface area contributed by atoms with Gasteiger partial charge in [-0.05, 0) is 158 Å². The van der Waals surface area contributed by atoms with Crippen LogP contribution in [0, 0.1) is 0 Å². The maximum Gasteiger partial charge on any atom is 0.259 e. The highest BCUT2D eigenvalue weighted by Crippen LogP contribution is 2.40. The number of likely N-dealkylation sites (N-methyl/N-ethyl adjacent to an activating group) is 1. The quantitative estimate of drug-likeness (QED) is 0.0465. The highest BCUT2D eigenvalue weighted by atomic mass is 32.2. The van der Waals surface area contributed by atoms with Crippen LogP contribution in [0.3, 0.4) is 0 Å². The van der Waals surface area contributed by atoms with Crippen LogP contribution in [0.1, 0.15) is 106 Å². The number of nitrogens with two attached hydrogens (primary N) is 1. The first-order valence-electron chi connectivity index (χ1n) is 36.9. The zero-order valence-electron chi connectivity index (χ0n) is 62.7. The maximum atomic E-state index is 13.5. The Labute approximate surface area is 653 Å². The SMILES string of the molecule is CC(C)S(=O)(=O)c1ccc(-c2cnc3[nH]cc(N4Cc5cc(N6CCNCC6)ccc5C4=O)c3n2)cc1.CC(C)S(=O)(=O)c1ccc(-c2cnc3[nH]cc(N4Cc5ccc(N6CC[C@H](N)C6)cc5C4=O)c3n2)cc1.CC(C)S(=O)(=O)c1ccc(-c2cnc3[nH]cc(N4Cc5ccc(NCCN(C)C)cc5C4=O)c3n2)cc1.[HH].[HH].[HH].[HH].[HH].[HH].[HH]. The summed E-state index contributed by atoms with van der Waals surface area (Å²) in [5, 5.41) is 5.25. The standard InChI is InChI=1S/2C27H28N6O3S.C27H30N6O3S.7H2/c1-17(2)37(35,36)21-6-3-18(4-7-21)23-14-29-26-25(31-23)24(15-30-26)33-16-19-13-20(5-8-22(19)27(33)34)32-11-9-28-10-12-32;1-16(2)37(35,36)21-7-4-17(5-8-21)23-12-29-26-25(31-23)24(13-30-26)33-14-18-3-6-20(11-22(18)27(33)34)32-10-9-19(28)15-32;1-17(2)37(35,36)21-9-6-18(7-10-21)23-14-29-26-25(31-23)24(15-30-26)33-16-19-5-8-20(13-22(19)27(33)34)28-11-12-32(3)4;;;;;;;/h3-8,13-15,17,28H,9-12,16H2,1-2H3,(H,29,30);3-8,11-13,16,19H,9-10,14-15,28H2,1-2H3,(H,29,30);5-10,13-15,17,28H,11-12,16H2,1-4H3,(H,29,30);7*1H/t;19-;;;;;;;;/m.0......../s1. The molecule has 2 saturated heterocycles. The van der Waals surface area contributed by atoms with Gasteiger partial charge in [0.05, 0.1) is 103 Å². The predicted octanol–water partition coefficient (Wildman–Crippen LogP) is 12.5. The molecule has 3 amide bonds. The number of rotatable bonds is 18. The molecule has 11 heterocycles. The van der Waals surface area contributed by atoms with Gasteiger partial charge in [-0.3, -0.25) is 14.4 Å². The number of anilines is 6. The van der Waals surface area contributed by atoms with Gasteiger partial charge in [0, 0.05) is 137 Å². The summed E-state index contributed by atoms with van der Waals surface area (Å²) in [6.07, 6.45) is 11.2. The van der Waals surface area contributed by atoms with E-state index in [1.54, 1.807) is 166 Å². The second-order valence-electron chi connectivity index (χ2n) is 29.4. The van der Waals surface area contributed by atoms with E-state index in [-0.39, 0.29) is 48.4 Å². The van der Waals surface area contributed by atoms with Crippen molar-refractivity contribution < 1.29 is 49.6 Å². The summed E-state index contributed by atoms with van der Waals surface area (Å²) in [6, 6.07) is 38.2. The third-order valence-electron chi connectivity index (χ3n) is 20.9. The predicted molar refractivity (Wildman–Crippen MR) is 448 cm³/mol. The van der Waals surface area contributed by atoms with Gasteiger partial charge in [0.25, 0.3) is 17.7 Å². The number of fused-ring (bicyclic) bond motifs is 6. The number of sulfone groups is 3. The Hall–Kier alpha value is -11.3. The van der Waals surface area contributed by atoms with E-state index in [0.29, 0.717) is 104 Å². The second kappa shape index (κ2) is 30.2. The monoisotopic (exact) mass is 1560 g/mol. The second-order valence-corrected chi connectivity index (χ2v) is 36.9. The third-order valence-corrected chi connectivity index (χ3v) is 27.4. The van der Waals surface area contributed by atoms with Crippen molar-refractivity contribution in [3.8, 4) is 33.8 Å². The minimum Gasteiger partial charge on any atom is -0.384 e. The van der Waals surface area contributed by atoms with Gasteiger partial charge in [0.1, 0.15) is 16.6 Å². The van der Waals surface area contributed by atoms with Gasteiger partial charge >= 0.3 is 0 Å². The van der Waals surface area contributed by atoms with Gasteiger partial charge in [-0.25, -0.2) is 55.2 Å². The Morgan fingerprint density at radius 3 is 1.30 bits per heavy atom. The molecule has 0 spiro atoms. The highest BCUT2D eigenvalue weighted by molar-refractivity contribution is 7.92. The van der Waals surface area contributed by atoms with Crippen molar-refractivity contribution in [1.82, 2.24) is 55.1 Å². The molecule has 0 radical (unpaired) electrons. The smallest absolute Gasteiger partial charge is 0.259 e. The summed E-state index contributed by atoms with van der Waals surface area (Å²) >= 11 is 0. The molecule has 30 heteroatoms. The Morgan fingerprint density at radius 1 is 0.486 bits per heavy atom. The van der Waals surface area contributed by atoms with Crippen LogP contribution in [0.4, 0.5) is 34.1 Å². The molecule has 17 rings (SSSR count). The number of hydrogen-bond acceptors (Lipinski definition) is 21. The molecule has 0 saturated carbocycles. The molecule has 27 nitrogen and oxygen atoms in total. The normalized spacial score (nSPS) is 15.9. The van der Waals surface area contributed by atoms with E-state index in [4.69, 9.17) is 20.7 Å². The molecule has 5 aliphatic heterocycles. The molecule has 6 aromatic heterocycles. The topological polar surface area (TPSA) is 348 Å². The van der Waals surface area contributed by atoms with Crippen LogP contribution in [0.2, 0.25) is 0 Å². The maximum absolute atomic E-state index is 13.5. The molecule has 7 N–H and O–H groups in total. The van der Waals surface area contributed by atoms with Gasteiger partial charge in [-0.15, -0.1) is 0 Å². The molecular formula is C81H100N18O9S3. The summed E-state index contributed by atoms with van der Waals surface area (Å²) in [4.78, 5) is 90.2. The zero-order valence-corrected chi connectivity index (χ0v) is 65.2. The van der Waals surface area contributed by atoms with Crippen molar-refractivity contribution in [2.45, 2.75) is 104 Å². The fourth-order valence-corrected chi connectivity index (χ4v) is 17.5. The van der Waals surface area contributed by atoms with E-state index >= 15 is 0 Å². The average Bonchev–Trinajstić information content (AvgIpc) is 1.61. The molecule has 111 heavy (non-hydrogen) atoms. The molecule has 2 fully saturated rings. The molecule has 1 atom stereocenters. The summed E-state index contributed by atoms with van der Waals surface area (Å²) in [7, 11) is -6.02. The number of nitrogens with one attached hydrogen (secondary N) is 5. The van der Waals surface area contributed by atoms with Gasteiger partial charge in [-0.1, -0.05) is 48.5 Å². The van der Waals surface area contributed by atoms with Crippen molar-refractivity contribution in [2.75, 3.05) is 96.3 Å². The first-order chi connectivity index (χ1) is 53.2. The van der Waals surface area contributed by atoms with Crippen LogP contribution >= 0.6 is 0 Å². The minimum atomic E-state index is -3.36. The summed E-state index contributed by atoms with van der Waals surface area (Å²) < 4.78 is 74.8. The van der Waals surface area contributed by atoms with Crippen molar-refractivity contribution in [1.29, 1.82) is 0 Å². The fraction of sp³-hybridized carbons (Fsp3) is 0.296. The largest absolute Gasteiger partial charge is 0.384 e. The highest BCUT2D eigenvalue weighted by Gasteiger charge is 2.36. The number of hydrogen-bond donors (Lipinski definition) is 6. The van der Waals surface area contributed by atoms with E-state index < -0.39 is 45.3 Å². The molecule has 586 valence electrons. The number of benzene rings is 6. The summed E-state index contributed by atoms with van der Waals surface area (Å²) in [5.74, 6) is -0.211. The van der Waals surface area contributed by atoms with Crippen molar-refractivity contribution in [2.24, 2.45) is 5.73 Å². The van der Waals surface area contributed by atoms with E-state index in [1.807, 2.05) is 56.6 Å². The molecule has 12 aromatic rings. The fourth-order valence-electron chi connectivity index (χ4n) is 14.3. The lowest BCUT2D eigenvalue weighted by Gasteiger charge is -2.29. The Balaban J connectivity index is 0.000000214. The van der Waals surface area contributed by atoms with Crippen LogP contribution in [-0.2, 0) is 49.1 Å². The lowest BCUT2D eigenvalue weighted by Crippen LogP contribution is -2.43. The van der Waals surface area contributed by atoms with Crippen molar-refractivity contribution >= 4 is 115 Å². The van der Waals surface area contributed by atoms with Crippen LogP contribution in [0.15, 0.2) is 179 Å². The Kier molecular flexibility index (Phi) is 20.4. The number of nitrogens with zero attached hydrogens (tertiary/aromatic N) is 12.